The van der Waals surface area contributed by atoms with Crippen LogP contribution in [0, 0.1) is 0 Å². The van der Waals surface area contributed by atoms with Crippen molar-refractivity contribution < 1.29 is 19.4 Å². The van der Waals surface area contributed by atoms with Crippen LogP contribution in [0.25, 0.3) is 0 Å². The predicted octanol–water partition coefficient (Wildman–Crippen LogP) is 2.47. The molecule has 0 heterocycles. The Labute approximate surface area is 104 Å². The number of carboxylic acids is 1. The van der Waals surface area contributed by atoms with Crippen LogP contribution in [0.15, 0.2) is 12.1 Å². The van der Waals surface area contributed by atoms with Crippen molar-refractivity contribution in [1.82, 2.24) is 0 Å². The molecule has 1 saturated carbocycles. The van der Waals surface area contributed by atoms with Crippen LogP contribution in [-0.4, -0.2) is 25.3 Å². The molecule has 0 spiro atoms. The fourth-order valence-electron chi connectivity index (χ4n) is 1.98. The first-order chi connectivity index (χ1) is 8.06. The highest BCUT2D eigenvalue weighted by atomic mass is 35.5. The lowest BCUT2D eigenvalue weighted by Gasteiger charge is -2.16. The summed E-state index contributed by atoms with van der Waals surface area (Å²) in [6.45, 7) is 0. The third-order valence-electron chi connectivity index (χ3n) is 3.16. The summed E-state index contributed by atoms with van der Waals surface area (Å²) in [4.78, 5) is 11.3. The van der Waals surface area contributed by atoms with E-state index >= 15 is 0 Å². The van der Waals surface area contributed by atoms with E-state index in [1.807, 2.05) is 0 Å². The molecule has 1 aliphatic carbocycles. The van der Waals surface area contributed by atoms with Gasteiger partial charge < -0.3 is 14.6 Å². The number of rotatable bonds is 4. The molecular formula is C12H13ClO4. The zero-order valence-electron chi connectivity index (χ0n) is 9.62. The lowest BCUT2D eigenvalue weighted by atomic mass is 9.95. The summed E-state index contributed by atoms with van der Waals surface area (Å²) < 4.78 is 10.3. The number of carbonyl (C=O) groups is 1. The van der Waals surface area contributed by atoms with Gasteiger partial charge in [0.15, 0.2) is 11.5 Å². The van der Waals surface area contributed by atoms with Gasteiger partial charge in [0.1, 0.15) is 0 Å². The smallest absolute Gasteiger partial charge is 0.314 e. The first kappa shape index (κ1) is 12.0. The lowest BCUT2D eigenvalue weighted by Crippen LogP contribution is -2.20. The second kappa shape index (κ2) is 4.11. The van der Waals surface area contributed by atoms with Crippen LogP contribution in [-0.2, 0) is 10.2 Å². The van der Waals surface area contributed by atoms with Crippen molar-refractivity contribution in [3.63, 3.8) is 0 Å². The molecule has 0 aliphatic heterocycles. The van der Waals surface area contributed by atoms with Gasteiger partial charge in [-0.3, -0.25) is 4.79 Å². The van der Waals surface area contributed by atoms with Gasteiger partial charge >= 0.3 is 5.97 Å². The summed E-state index contributed by atoms with van der Waals surface area (Å²) in [6.07, 6.45) is 1.22. The van der Waals surface area contributed by atoms with E-state index in [4.69, 9.17) is 21.1 Å². The second-order valence-corrected chi connectivity index (χ2v) is 4.43. The number of carboxylic acid groups (broad SMARTS) is 1. The van der Waals surface area contributed by atoms with E-state index in [9.17, 15) is 9.90 Å². The molecule has 1 aliphatic rings. The van der Waals surface area contributed by atoms with Crippen LogP contribution >= 0.6 is 11.6 Å². The number of hydrogen-bond donors (Lipinski definition) is 1. The maximum atomic E-state index is 11.3. The molecule has 17 heavy (non-hydrogen) atoms. The fourth-order valence-corrected chi connectivity index (χ4v) is 2.40. The average molecular weight is 257 g/mol. The first-order valence-corrected chi connectivity index (χ1v) is 5.59. The molecule has 1 N–H and O–H groups in total. The zero-order chi connectivity index (χ0) is 12.6. The van der Waals surface area contributed by atoms with Crippen molar-refractivity contribution in [3.05, 3.63) is 22.7 Å². The molecule has 2 rings (SSSR count). The van der Waals surface area contributed by atoms with Gasteiger partial charge in [-0.05, 0) is 24.5 Å². The minimum absolute atomic E-state index is 0.326. The molecule has 0 radical (unpaired) electrons. The van der Waals surface area contributed by atoms with Crippen LogP contribution in [0.1, 0.15) is 18.4 Å². The van der Waals surface area contributed by atoms with E-state index in [0.717, 1.165) is 0 Å². The number of methoxy groups -OCH3 is 2. The summed E-state index contributed by atoms with van der Waals surface area (Å²) in [6, 6.07) is 3.38. The fraction of sp³-hybridized carbons (Fsp3) is 0.417. The van der Waals surface area contributed by atoms with Crippen LogP contribution < -0.4 is 9.47 Å². The van der Waals surface area contributed by atoms with Crippen molar-refractivity contribution in [1.29, 1.82) is 0 Å². The van der Waals surface area contributed by atoms with Gasteiger partial charge in [-0.2, -0.15) is 0 Å². The summed E-state index contributed by atoms with van der Waals surface area (Å²) in [5.41, 5.74) is -0.235. The van der Waals surface area contributed by atoms with E-state index in [1.54, 1.807) is 12.1 Å². The summed E-state index contributed by atoms with van der Waals surface area (Å²) in [5, 5.41) is 9.57. The van der Waals surface area contributed by atoms with Crippen LogP contribution in [0.2, 0.25) is 5.02 Å². The number of hydrogen-bond acceptors (Lipinski definition) is 3. The molecule has 1 fully saturated rings. The molecule has 92 valence electrons. The highest BCUT2D eigenvalue weighted by molar-refractivity contribution is 6.33. The SMILES string of the molecule is COc1ccc(C2(C(=O)O)CC2)c(Cl)c1OC. The standard InChI is InChI=1S/C12H13ClO4/c1-16-8-4-3-7(9(13)10(8)17-2)12(5-6-12)11(14)15/h3-4H,5-6H2,1-2H3,(H,14,15). The topological polar surface area (TPSA) is 55.8 Å². The van der Waals surface area contributed by atoms with Gasteiger partial charge in [-0.25, -0.2) is 0 Å². The zero-order valence-corrected chi connectivity index (χ0v) is 10.4. The highest BCUT2D eigenvalue weighted by Gasteiger charge is 2.53. The van der Waals surface area contributed by atoms with Crippen molar-refractivity contribution >= 4 is 17.6 Å². The first-order valence-electron chi connectivity index (χ1n) is 5.21. The van der Waals surface area contributed by atoms with Gasteiger partial charge in [0.2, 0.25) is 0 Å². The maximum absolute atomic E-state index is 11.3. The molecular weight excluding hydrogens is 244 g/mol. The van der Waals surface area contributed by atoms with Crippen molar-refractivity contribution in [2.24, 2.45) is 0 Å². The average Bonchev–Trinajstić information content (AvgIpc) is 3.09. The van der Waals surface area contributed by atoms with Gasteiger partial charge in [0.05, 0.1) is 24.7 Å². The molecule has 0 bridgehead atoms. The second-order valence-electron chi connectivity index (χ2n) is 4.05. The number of benzene rings is 1. The molecule has 1 aromatic carbocycles. The Hall–Kier alpha value is -1.42. The maximum Gasteiger partial charge on any atom is 0.314 e. The van der Waals surface area contributed by atoms with E-state index in [0.29, 0.717) is 34.9 Å². The van der Waals surface area contributed by atoms with Crippen molar-refractivity contribution in [3.8, 4) is 11.5 Å². The monoisotopic (exact) mass is 256 g/mol. The molecule has 0 aromatic heterocycles. The number of aliphatic carboxylic acids is 1. The summed E-state index contributed by atoms with van der Waals surface area (Å²) >= 11 is 6.19. The van der Waals surface area contributed by atoms with Crippen LogP contribution in [0.3, 0.4) is 0 Å². The normalized spacial score (nSPS) is 16.4. The Bertz CT molecular complexity index is 466. The lowest BCUT2D eigenvalue weighted by molar-refractivity contribution is -0.140. The van der Waals surface area contributed by atoms with E-state index in [1.165, 1.54) is 14.2 Å². The van der Waals surface area contributed by atoms with Crippen molar-refractivity contribution in [2.75, 3.05) is 14.2 Å². The van der Waals surface area contributed by atoms with Crippen LogP contribution in [0.5, 0.6) is 11.5 Å². The van der Waals surface area contributed by atoms with E-state index in [2.05, 4.69) is 0 Å². The quantitative estimate of drug-likeness (QED) is 0.899. The van der Waals surface area contributed by atoms with E-state index in [-0.39, 0.29) is 0 Å². The molecule has 4 nitrogen and oxygen atoms in total. The number of ether oxygens (including phenoxy) is 2. The Kier molecular flexibility index (Phi) is 2.91. The van der Waals surface area contributed by atoms with Gasteiger partial charge in [-0.15, -0.1) is 0 Å². The Balaban J connectivity index is 2.54. The molecule has 0 atom stereocenters. The Morgan fingerprint density at radius 1 is 1.35 bits per heavy atom. The molecule has 1 aromatic rings. The largest absolute Gasteiger partial charge is 0.493 e. The van der Waals surface area contributed by atoms with Crippen LogP contribution in [0.4, 0.5) is 0 Å². The minimum atomic E-state index is -0.841. The predicted molar refractivity (Wildman–Crippen MR) is 63.1 cm³/mol. The summed E-state index contributed by atoms with van der Waals surface area (Å²) in [7, 11) is 2.99. The number of halogens is 1. The molecule has 5 heteroatoms. The Morgan fingerprint density at radius 2 is 2.00 bits per heavy atom. The van der Waals surface area contributed by atoms with Gasteiger partial charge in [-0.1, -0.05) is 17.7 Å². The molecule has 0 unspecified atom stereocenters. The van der Waals surface area contributed by atoms with Gasteiger partial charge in [0.25, 0.3) is 0 Å². The minimum Gasteiger partial charge on any atom is -0.493 e. The molecule has 0 saturated heterocycles. The Morgan fingerprint density at radius 3 is 2.41 bits per heavy atom. The third kappa shape index (κ3) is 1.72. The summed E-state index contributed by atoms with van der Waals surface area (Å²) in [5.74, 6) is 0.0493. The van der Waals surface area contributed by atoms with Gasteiger partial charge in [0, 0.05) is 0 Å². The van der Waals surface area contributed by atoms with Crippen molar-refractivity contribution in [2.45, 2.75) is 18.3 Å². The van der Waals surface area contributed by atoms with E-state index < -0.39 is 11.4 Å². The third-order valence-corrected chi connectivity index (χ3v) is 3.54. The highest BCUT2D eigenvalue weighted by Crippen LogP contribution is 2.53. The molecule has 0 amide bonds.